The van der Waals surface area contributed by atoms with Crippen molar-refractivity contribution in [3.63, 3.8) is 0 Å². The van der Waals surface area contributed by atoms with Crippen molar-refractivity contribution in [3.8, 4) is 11.1 Å². The number of benzene rings is 2. The first-order valence-corrected chi connectivity index (χ1v) is 9.79. The van der Waals surface area contributed by atoms with Crippen molar-refractivity contribution in [3.05, 3.63) is 78.4 Å². The number of likely N-dealkylation sites (tertiary alicyclic amines) is 1. The highest BCUT2D eigenvalue weighted by atomic mass is 15.2. The summed E-state index contributed by atoms with van der Waals surface area (Å²) in [4.78, 5) is 11.4. The van der Waals surface area contributed by atoms with Gasteiger partial charge in [0.2, 0.25) is 0 Å². The van der Waals surface area contributed by atoms with Crippen molar-refractivity contribution in [2.24, 2.45) is 7.05 Å². The number of fused-ring (bicyclic) bond motifs is 1. The molecule has 0 spiro atoms. The van der Waals surface area contributed by atoms with Gasteiger partial charge in [-0.15, -0.1) is 0 Å². The summed E-state index contributed by atoms with van der Waals surface area (Å²) < 4.78 is 1.84. The Morgan fingerprint density at radius 2 is 1.79 bits per heavy atom. The number of nitrogens with zero attached hydrogens (tertiary/aromatic N) is 5. The number of aryl methyl sites for hydroxylation is 1. The van der Waals surface area contributed by atoms with Crippen LogP contribution >= 0.6 is 0 Å². The average molecular weight is 369 g/mol. The van der Waals surface area contributed by atoms with Crippen LogP contribution in [0.3, 0.4) is 0 Å². The van der Waals surface area contributed by atoms with Gasteiger partial charge in [-0.3, -0.25) is 19.5 Å². The third-order valence-electron chi connectivity index (χ3n) is 5.62. The van der Waals surface area contributed by atoms with Crippen LogP contribution < -0.4 is 0 Å². The number of hydrogen-bond acceptors (Lipinski definition) is 4. The summed E-state index contributed by atoms with van der Waals surface area (Å²) in [5.74, 6) is 0. The lowest BCUT2D eigenvalue weighted by molar-refractivity contribution is 0.248. The Labute approximate surface area is 164 Å². The molecule has 0 aliphatic carbocycles. The second-order valence-electron chi connectivity index (χ2n) is 7.53. The van der Waals surface area contributed by atoms with Crippen molar-refractivity contribution in [1.82, 2.24) is 24.6 Å². The van der Waals surface area contributed by atoms with Gasteiger partial charge < -0.3 is 0 Å². The number of hydrogen-bond donors (Lipinski definition) is 0. The third-order valence-corrected chi connectivity index (χ3v) is 5.62. The van der Waals surface area contributed by atoms with E-state index < -0.39 is 0 Å². The molecule has 4 aromatic rings. The minimum atomic E-state index is 0.449. The molecule has 28 heavy (non-hydrogen) atoms. The first kappa shape index (κ1) is 17.1. The highest BCUT2D eigenvalue weighted by molar-refractivity contribution is 5.74. The van der Waals surface area contributed by atoms with E-state index >= 15 is 0 Å². The molecule has 0 bridgehead atoms. The molecule has 0 unspecified atom stereocenters. The molecule has 2 aromatic heterocycles. The van der Waals surface area contributed by atoms with Crippen LogP contribution in [0.2, 0.25) is 0 Å². The lowest BCUT2D eigenvalue weighted by atomic mass is 10.0. The molecule has 1 atom stereocenters. The zero-order chi connectivity index (χ0) is 18.9. The van der Waals surface area contributed by atoms with Crippen molar-refractivity contribution in [1.29, 1.82) is 0 Å². The summed E-state index contributed by atoms with van der Waals surface area (Å²) in [6.45, 7) is 2.10. The first-order chi connectivity index (χ1) is 13.8. The minimum Gasteiger partial charge on any atom is -0.292 e. The SMILES string of the molecule is Cn1cc(-c2ccc(CN3CCC[C@H]3c3ccc4nccnc4c3)cc2)cn1. The monoisotopic (exact) mass is 369 g/mol. The van der Waals surface area contributed by atoms with Gasteiger partial charge in [0.1, 0.15) is 0 Å². The van der Waals surface area contributed by atoms with Gasteiger partial charge in [-0.25, -0.2) is 0 Å². The summed E-state index contributed by atoms with van der Waals surface area (Å²) in [5.41, 5.74) is 7.00. The van der Waals surface area contributed by atoms with Crippen LogP contribution in [-0.4, -0.2) is 31.2 Å². The maximum absolute atomic E-state index is 4.47. The smallest absolute Gasteiger partial charge is 0.0890 e. The Kier molecular flexibility index (Phi) is 4.37. The molecule has 0 radical (unpaired) electrons. The lowest BCUT2D eigenvalue weighted by Crippen LogP contribution is -2.22. The van der Waals surface area contributed by atoms with E-state index in [4.69, 9.17) is 0 Å². The summed E-state index contributed by atoms with van der Waals surface area (Å²) >= 11 is 0. The maximum Gasteiger partial charge on any atom is 0.0890 e. The van der Waals surface area contributed by atoms with Crippen LogP contribution in [0.15, 0.2) is 67.3 Å². The van der Waals surface area contributed by atoms with Crippen molar-refractivity contribution in [2.45, 2.75) is 25.4 Å². The molecule has 0 amide bonds. The Hall–Kier alpha value is -3.05. The quantitative estimate of drug-likeness (QED) is 0.536. The molecule has 0 N–H and O–H groups in total. The standard InChI is InChI=1S/C23H23N5/c1-27-16-20(14-26-27)18-6-4-17(5-7-18)15-28-12-2-3-23(28)19-8-9-21-22(13-19)25-11-10-24-21/h4-11,13-14,16,23H,2-3,12,15H2,1H3/t23-/m0/s1. The van der Waals surface area contributed by atoms with Crippen molar-refractivity contribution < 1.29 is 0 Å². The van der Waals surface area contributed by atoms with E-state index in [1.165, 1.54) is 29.5 Å². The fourth-order valence-corrected chi connectivity index (χ4v) is 4.19. The van der Waals surface area contributed by atoms with Gasteiger partial charge in [0.05, 0.1) is 17.2 Å². The molecule has 1 aliphatic rings. The normalized spacial score (nSPS) is 17.4. The summed E-state index contributed by atoms with van der Waals surface area (Å²) in [5, 5.41) is 4.26. The molecule has 5 heteroatoms. The van der Waals surface area contributed by atoms with E-state index in [1.807, 2.05) is 24.1 Å². The van der Waals surface area contributed by atoms with Crippen molar-refractivity contribution >= 4 is 11.0 Å². The fourth-order valence-electron chi connectivity index (χ4n) is 4.19. The number of rotatable bonds is 4. The molecule has 3 heterocycles. The van der Waals surface area contributed by atoms with Gasteiger partial charge in [-0.05, 0) is 48.2 Å². The molecular weight excluding hydrogens is 346 g/mol. The maximum atomic E-state index is 4.47. The summed E-state index contributed by atoms with van der Waals surface area (Å²) in [6.07, 6.45) is 9.90. The summed E-state index contributed by atoms with van der Waals surface area (Å²) in [7, 11) is 1.95. The second kappa shape index (κ2) is 7.17. The predicted octanol–water partition coefficient (Wildman–Crippen LogP) is 4.37. The zero-order valence-corrected chi connectivity index (χ0v) is 16.0. The Balaban J connectivity index is 1.35. The molecule has 1 aliphatic heterocycles. The zero-order valence-electron chi connectivity index (χ0n) is 16.0. The first-order valence-electron chi connectivity index (χ1n) is 9.79. The van der Waals surface area contributed by atoms with Gasteiger partial charge in [-0.1, -0.05) is 30.3 Å². The van der Waals surface area contributed by atoms with E-state index in [2.05, 4.69) is 62.4 Å². The van der Waals surface area contributed by atoms with Gasteiger partial charge in [0.25, 0.3) is 0 Å². The fraction of sp³-hybridized carbons (Fsp3) is 0.261. The Bertz CT molecular complexity index is 1100. The molecule has 1 fully saturated rings. The minimum absolute atomic E-state index is 0.449. The highest BCUT2D eigenvalue weighted by Gasteiger charge is 2.26. The van der Waals surface area contributed by atoms with E-state index in [-0.39, 0.29) is 0 Å². The Morgan fingerprint density at radius 1 is 0.964 bits per heavy atom. The van der Waals surface area contributed by atoms with Crippen LogP contribution in [0.5, 0.6) is 0 Å². The number of aromatic nitrogens is 4. The van der Waals surface area contributed by atoms with Crippen LogP contribution in [-0.2, 0) is 13.6 Å². The van der Waals surface area contributed by atoms with Gasteiger partial charge in [-0.2, -0.15) is 5.10 Å². The van der Waals surface area contributed by atoms with Crippen LogP contribution in [0.1, 0.15) is 30.0 Å². The van der Waals surface area contributed by atoms with E-state index in [0.29, 0.717) is 6.04 Å². The van der Waals surface area contributed by atoms with E-state index in [9.17, 15) is 0 Å². The van der Waals surface area contributed by atoms with Gasteiger partial charge in [0.15, 0.2) is 0 Å². The summed E-state index contributed by atoms with van der Waals surface area (Å²) in [6, 6.07) is 15.8. The van der Waals surface area contributed by atoms with Gasteiger partial charge in [0, 0.05) is 43.8 Å². The predicted molar refractivity (Wildman–Crippen MR) is 111 cm³/mol. The molecule has 1 saturated heterocycles. The van der Waals surface area contributed by atoms with Crippen molar-refractivity contribution in [2.75, 3.05) is 6.54 Å². The molecule has 2 aromatic carbocycles. The molecule has 140 valence electrons. The molecular formula is C23H23N5. The third kappa shape index (κ3) is 3.29. The van der Waals surface area contributed by atoms with Gasteiger partial charge >= 0.3 is 0 Å². The molecule has 5 nitrogen and oxygen atoms in total. The van der Waals surface area contributed by atoms with Crippen LogP contribution in [0, 0.1) is 0 Å². The molecule has 0 saturated carbocycles. The van der Waals surface area contributed by atoms with Crippen LogP contribution in [0.4, 0.5) is 0 Å². The highest BCUT2D eigenvalue weighted by Crippen LogP contribution is 2.34. The van der Waals surface area contributed by atoms with E-state index in [0.717, 1.165) is 29.7 Å². The average Bonchev–Trinajstić information content (AvgIpc) is 3.37. The largest absolute Gasteiger partial charge is 0.292 e. The topological polar surface area (TPSA) is 46.8 Å². The lowest BCUT2D eigenvalue weighted by Gasteiger charge is -2.25. The van der Waals surface area contributed by atoms with Crippen LogP contribution in [0.25, 0.3) is 22.2 Å². The Morgan fingerprint density at radius 3 is 2.57 bits per heavy atom. The second-order valence-corrected chi connectivity index (χ2v) is 7.53. The molecule has 5 rings (SSSR count). The van der Waals surface area contributed by atoms with E-state index in [1.54, 1.807) is 12.4 Å².